The van der Waals surface area contributed by atoms with Gasteiger partial charge in [-0.25, -0.2) is 0 Å². The maximum atomic E-state index is 10.6. The molecule has 0 fully saturated rings. The Labute approximate surface area is 99.3 Å². The molecule has 3 nitrogen and oxygen atoms in total. The van der Waals surface area contributed by atoms with Crippen LogP contribution in [0.15, 0.2) is 48.5 Å². The molecule has 0 unspecified atom stereocenters. The molecule has 0 aromatic heterocycles. The van der Waals surface area contributed by atoms with Crippen molar-refractivity contribution < 1.29 is 14.6 Å². The molecule has 0 aliphatic rings. The van der Waals surface area contributed by atoms with E-state index in [4.69, 9.17) is 4.74 Å². The number of rotatable bonds is 3. The van der Waals surface area contributed by atoms with E-state index in [-0.39, 0.29) is 5.56 Å². The first-order valence-corrected chi connectivity index (χ1v) is 5.21. The van der Waals surface area contributed by atoms with Crippen LogP contribution in [0.5, 0.6) is 11.5 Å². The second kappa shape index (κ2) is 4.70. The lowest BCUT2D eigenvalue weighted by Gasteiger charge is -2.07. The minimum atomic E-state index is -1.19. The number of benzene rings is 2. The van der Waals surface area contributed by atoms with Crippen molar-refractivity contribution in [1.82, 2.24) is 0 Å². The Morgan fingerprint density at radius 1 is 0.941 bits per heavy atom. The Kier molecular flexibility index (Phi) is 3.10. The second-order valence-electron chi connectivity index (χ2n) is 3.73. The van der Waals surface area contributed by atoms with Gasteiger partial charge < -0.3 is 14.6 Å². The molecule has 17 heavy (non-hydrogen) atoms. The Hall–Kier alpha value is -2.29. The van der Waals surface area contributed by atoms with Crippen molar-refractivity contribution in [2.45, 2.75) is 6.92 Å². The molecule has 0 atom stereocenters. The van der Waals surface area contributed by atoms with Gasteiger partial charge in [-0.15, -0.1) is 0 Å². The number of carbonyl (C=O) groups excluding carboxylic acids is 1. The summed E-state index contributed by atoms with van der Waals surface area (Å²) in [5.41, 5.74) is 1.30. The van der Waals surface area contributed by atoms with E-state index in [1.54, 1.807) is 12.1 Å². The van der Waals surface area contributed by atoms with Crippen molar-refractivity contribution >= 4 is 5.97 Å². The zero-order valence-corrected chi connectivity index (χ0v) is 9.34. The summed E-state index contributed by atoms with van der Waals surface area (Å²) in [4.78, 5) is 10.6. The summed E-state index contributed by atoms with van der Waals surface area (Å²) in [6.07, 6.45) is 0. The summed E-state index contributed by atoms with van der Waals surface area (Å²) >= 11 is 0. The van der Waals surface area contributed by atoms with Gasteiger partial charge in [0, 0.05) is 0 Å². The van der Waals surface area contributed by atoms with Gasteiger partial charge in [-0.05, 0) is 48.9 Å². The summed E-state index contributed by atoms with van der Waals surface area (Å²) in [6, 6.07) is 13.7. The molecule has 2 aromatic rings. The highest BCUT2D eigenvalue weighted by Gasteiger charge is 1.98. The second-order valence-corrected chi connectivity index (χ2v) is 3.73. The van der Waals surface area contributed by atoms with Crippen LogP contribution < -0.4 is 9.84 Å². The monoisotopic (exact) mass is 227 g/mol. The van der Waals surface area contributed by atoms with E-state index in [2.05, 4.69) is 0 Å². The van der Waals surface area contributed by atoms with Crippen LogP contribution in [0, 0.1) is 6.92 Å². The smallest absolute Gasteiger partial charge is 0.127 e. The minimum Gasteiger partial charge on any atom is -0.545 e. The molecule has 0 spiro atoms. The van der Waals surface area contributed by atoms with Crippen molar-refractivity contribution in [2.75, 3.05) is 0 Å². The zero-order chi connectivity index (χ0) is 12.3. The Morgan fingerprint density at radius 2 is 1.41 bits per heavy atom. The Balaban J connectivity index is 2.13. The van der Waals surface area contributed by atoms with E-state index >= 15 is 0 Å². The molecule has 0 heterocycles. The van der Waals surface area contributed by atoms with Crippen molar-refractivity contribution in [3.63, 3.8) is 0 Å². The van der Waals surface area contributed by atoms with Crippen LogP contribution in [-0.4, -0.2) is 5.97 Å². The third-order valence-electron chi connectivity index (χ3n) is 2.35. The first-order valence-electron chi connectivity index (χ1n) is 5.21. The van der Waals surface area contributed by atoms with Gasteiger partial charge in [0.1, 0.15) is 11.5 Å². The molecular weight excluding hydrogens is 216 g/mol. The molecule has 0 radical (unpaired) electrons. The Morgan fingerprint density at radius 3 is 1.88 bits per heavy atom. The van der Waals surface area contributed by atoms with Crippen molar-refractivity contribution in [2.24, 2.45) is 0 Å². The SMILES string of the molecule is Cc1ccc(Oc2ccc(C(=O)[O-])cc2)cc1. The first-order chi connectivity index (χ1) is 8.15. The van der Waals surface area contributed by atoms with Crippen molar-refractivity contribution in [3.05, 3.63) is 59.7 Å². The largest absolute Gasteiger partial charge is 0.545 e. The molecule has 3 heteroatoms. The highest BCUT2D eigenvalue weighted by molar-refractivity contribution is 5.85. The average molecular weight is 227 g/mol. The van der Waals surface area contributed by atoms with Crippen LogP contribution in [0.3, 0.4) is 0 Å². The number of carboxylic acid groups (broad SMARTS) is 1. The molecule has 0 aliphatic carbocycles. The molecule has 86 valence electrons. The number of hydrogen-bond donors (Lipinski definition) is 0. The third kappa shape index (κ3) is 2.84. The number of hydrogen-bond acceptors (Lipinski definition) is 3. The fourth-order valence-electron chi connectivity index (χ4n) is 1.40. The van der Waals surface area contributed by atoms with Crippen LogP contribution in [0.2, 0.25) is 0 Å². The van der Waals surface area contributed by atoms with Gasteiger partial charge in [0.15, 0.2) is 0 Å². The van der Waals surface area contributed by atoms with E-state index in [9.17, 15) is 9.90 Å². The van der Waals surface area contributed by atoms with Crippen LogP contribution >= 0.6 is 0 Å². The topological polar surface area (TPSA) is 49.4 Å². The summed E-state index contributed by atoms with van der Waals surface area (Å²) in [7, 11) is 0. The van der Waals surface area contributed by atoms with Gasteiger partial charge in [-0.2, -0.15) is 0 Å². The van der Waals surface area contributed by atoms with Gasteiger partial charge >= 0.3 is 0 Å². The predicted molar refractivity (Wildman–Crippen MR) is 62.0 cm³/mol. The van der Waals surface area contributed by atoms with Gasteiger partial charge in [-0.1, -0.05) is 17.7 Å². The molecule has 0 saturated carbocycles. The summed E-state index contributed by atoms with van der Waals surface area (Å²) in [5, 5.41) is 10.6. The number of carbonyl (C=O) groups is 1. The minimum absolute atomic E-state index is 0.140. The van der Waals surface area contributed by atoms with Gasteiger partial charge in [0.25, 0.3) is 0 Å². The summed E-state index contributed by atoms with van der Waals surface area (Å²) < 4.78 is 5.55. The third-order valence-corrected chi connectivity index (χ3v) is 2.35. The van der Waals surface area contributed by atoms with Crippen LogP contribution in [-0.2, 0) is 0 Å². The number of carboxylic acids is 1. The molecular formula is C14H11O3-. The van der Waals surface area contributed by atoms with Crippen molar-refractivity contribution in [1.29, 1.82) is 0 Å². The highest BCUT2D eigenvalue weighted by Crippen LogP contribution is 2.21. The zero-order valence-electron chi connectivity index (χ0n) is 9.34. The van der Waals surface area contributed by atoms with Crippen LogP contribution in [0.4, 0.5) is 0 Å². The van der Waals surface area contributed by atoms with Gasteiger partial charge in [0.05, 0.1) is 5.97 Å². The van der Waals surface area contributed by atoms with E-state index in [1.807, 2.05) is 31.2 Å². The normalized spacial score (nSPS) is 9.94. The van der Waals surface area contributed by atoms with Crippen LogP contribution in [0.25, 0.3) is 0 Å². The molecule has 0 amide bonds. The average Bonchev–Trinajstić information content (AvgIpc) is 2.33. The maximum Gasteiger partial charge on any atom is 0.127 e. The standard InChI is InChI=1S/C14H12O3/c1-10-2-6-12(7-3-10)17-13-8-4-11(5-9-13)14(15)16/h2-9H,1H3,(H,15,16)/p-1. The van der Waals surface area contributed by atoms with E-state index in [0.717, 1.165) is 11.3 Å². The molecule has 0 saturated heterocycles. The fourth-order valence-corrected chi connectivity index (χ4v) is 1.40. The van der Waals surface area contributed by atoms with Gasteiger partial charge in [-0.3, -0.25) is 0 Å². The molecule has 0 aliphatic heterocycles. The lowest BCUT2D eigenvalue weighted by atomic mass is 10.2. The van der Waals surface area contributed by atoms with Crippen molar-refractivity contribution in [3.8, 4) is 11.5 Å². The lowest BCUT2D eigenvalue weighted by molar-refractivity contribution is -0.255. The molecule has 0 N–H and O–H groups in total. The number of aryl methyl sites for hydroxylation is 1. The van der Waals surface area contributed by atoms with E-state index in [1.165, 1.54) is 12.1 Å². The van der Waals surface area contributed by atoms with Crippen LogP contribution in [0.1, 0.15) is 15.9 Å². The lowest BCUT2D eigenvalue weighted by Crippen LogP contribution is -2.21. The fraction of sp³-hybridized carbons (Fsp3) is 0.0714. The molecule has 2 rings (SSSR count). The quantitative estimate of drug-likeness (QED) is 0.807. The number of ether oxygens (including phenoxy) is 1. The van der Waals surface area contributed by atoms with Gasteiger partial charge in [0.2, 0.25) is 0 Å². The highest BCUT2D eigenvalue weighted by atomic mass is 16.5. The Bertz CT molecular complexity index is 512. The van der Waals surface area contributed by atoms with E-state index < -0.39 is 5.97 Å². The molecule has 0 bridgehead atoms. The maximum absolute atomic E-state index is 10.6. The summed E-state index contributed by atoms with van der Waals surface area (Å²) in [5.74, 6) is 0.127. The summed E-state index contributed by atoms with van der Waals surface area (Å²) in [6.45, 7) is 2.00. The first kappa shape index (κ1) is 11.2. The van der Waals surface area contributed by atoms with E-state index in [0.29, 0.717) is 5.75 Å². The molecule has 2 aromatic carbocycles. The predicted octanol–water partition coefficient (Wildman–Crippen LogP) is 2.15. The number of aromatic carboxylic acids is 1.